The number of carbonyl (C=O) groups is 2. The summed E-state index contributed by atoms with van der Waals surface area (Å²) in [6.07, 6.45) is 1.76. The number of benzene rings is 2. The van der Waals surface area contributed by atoms with E-state index in [2.05, 4.69) is 10.0 Å². The third-order valence-electron chi connectivity index (χ3n) is 5.89. The molecule has 192 valence electrons. The smallest absolute Gasteiger partial charge is 0.244 e. The van der Waals surface area contributed by atoms with Crippen LogP contribution >= 0.6 is 0 Å². The van der Waals surface area contributed by atoms with Crippen molar-refractivity contribution in [2.45, 2.75) is 71.1 Å². The second kappa shape index (κ2) is 11.2. The first-order valence-electron chi connectivity index (χ1n) is 11.7. The first kappa shape index (κ1) is 28.3. The quantitative estimate of drug-likeness (QED) is 0.470. The molecule has 0 aliphatic carbocycles. The molecule has 2 aromatic rings. The Morgan fingerprint density at radius 3 is 2.31 bits per heavy atom. The van der Waals surface area contributed by atoms with Gasteiger partial charge >= 0.3 is 0 Å². The number of phenolic OH excluding ortho intramolecular Hbond substituents is 1. The van der Waals surface area contributed by atoms with Crippen LogP contribution in [0.25, 0.3) is 0 Å². The largest absolute Gasteiger partial charge is 0.507 e. The maximum atomic E-state index is 13.2. The lowest BCUT2D eigenvalue weighted by Gasteiger charge is -2.27. The molecule has 0 atom stereocenters. The lowest BCUT2D eigenvalue weighted by atomic mass is 9.86. The van der Waals surface area contributed by atoms with Crippen molar-refractivity contribution in [1.82, 2.24) is 4.72 Å². The van der Waals surface area contributed by atoms with E-state index in [4.69, 9.17) is 0 Å². The molecule has 0 saturated carbocycles. The van der Waals surface area contributed by atoms with Gasteiger partial charge in [0.25, 0.3) is 0 Å². The van der Waals surface area contributed by atoms with Crippen LogP contribution in [0, 0.1) is 13.8 Å². The highest BCUT2D eigenvalue weighted by Crippen LogP contribution is 2.33. The van der Waals surface area contributed by atoms with E-state index in [-0.39, 0.29) is 34.9 Å². The van der Waals surface area contributed by atoms with Crippen LogP contribution in [-0.2, 0) is 25.0 Å². The number of sulfonamides is 1. The van der Waals surface area contributed by atoms with Crippen molar-refractivity contribution < 1.29 is 23.1 Å². The number of hydrogen-bond acceptors (Lipinski definition) is 5. The van der Waals surface area contributed by atoms with Gasteiger partial charge in [0, 0.05) is 17.7 Å². The van der Waals surface area contributed by atoms with Crippen molar-refractivity contribution in [3.63, 3.8) is 0 Å². The zero-order valence-corrected chi connectivity index (χ0v) is 22.5. The third-order valence-corrected chi connectivity index (χ3v) is 7.31. The minimum atomic E-state index is -3.72. The fourth-order valence-corrected chi connectivity index (χ4v) is 4.54. The van der Waals surface area contributed by atoms with Gasteiger partial charge < -0.3 is 15.3 Å². The number of nitrogens with zero attached hydrogens (tertiary/aromatic N) is 1. The predicted molar refractivity (Wildman–Crippen MR) is 139 cm³/mol. The summed E-state index contributed by atoms with van der Waals surface area (Å²) < 4.78 is 27.0. The average molecular weight is 504 g/mol. The number of phenols is 1. The Morgan fingerprint density at radius 2 is 1.74 bits per heavy atom. The van der Waals surface area contributed by atoms with E-state index in [1.54, 1.807) is 32.0 Å². The summed E-state index contributed by atoms with van der Waals surface area (Å²) >= 11 is 0. The van der Waals surface area contributed by atoms with Crippen molar-refractivity contribution in [2.75, 3.05) is 23.8 Å². The van der Waals surface area contributed by atoms with E-state index in [0.29, 0.717) is 28.9 Å². The van der Waals surface area contributed by atoms with E-state index in [9.17, 15) is 23.1 Å². The molecule has 2 aromatic carbocycles. The summed E-state index contributed by atoms with van der Waals surface area (Å²) in [5, 5.41) is 13.2. The second-order valence-electron chi connectivity index (χ2n) is 9.67. The second-order valence-corrected chi connectivity index (χ2v) is 11.6. The van der Waals surface area contributed by atoms with Crippen LogP contribution < -0.4 is 14.9 Å². The first-order chi connectivity index (χ1) is 16.2. The van der Waals surface area contributed by atoms with Crippen molar-refractivity contribution >= 4 is 33.2 Å². The number of aryl methyl sites for hydroxylation is 1. The number of rotatable bonds is 9. The summed E-state index contributed by atoms with van der Waals surface area (Å²) in [6, 6.07) is 8.05. The molecule has 0 spiro atoms. The summed E-state index contributed by atoms with van der Waals surface area (Å²) in [5.74, 6) is -0.620. The Balaban J connectivity index is 2.47. The molecule has 0 unspecified atom stereocenters. The Bertz CT molecular complexity index is 1200. The van der Waals surface area contributed by atoms with Gasteiger partial charge in [-0.05, 0) is 62.1 Å². The van der Waals surface area contributed by atoms with Gasteiger partial charge in [0.1, 0.15) is 12.3 Å². The molecule has 0 fully saturated rings. The van der Waals surface area contributed by atoms with Crippen LogP contribution in [0.2, 0.25) is 0 Å². The van der Waals surface area contributed by atoms with Gasteiger partial charge in [-0.1, -0.05) is 46.2 Å². The Morgan fingerprint density at radius 1 is 1.09 bits per heavy atom. The molecule has 3 N–H and O–H groups in total. The normalized spacial score (nSPS) is 11.9. The maximum Gasteiger partial charge on any atom is 0.244 e. The number of nitrogens with one attached hydrogen (secondary N) is 2. The van der Waals surface area contributed by atoms with Gasteiger partial charge in [0.15, 0.2) is 0 Å². The summed E-state index contributed by atoms with van der Waals surface area (Å²) in [5.41, 5.74) is 2.40. The number of hydrogen-bond donors (Lipinski definition) is 3. The van der Waals surface area contributed by atoms with Crippen molar-refractivity contribution in [3.05, 3.63) is 47.0 Å². The van der Waals surface area contributed by atoms with Gasteiger partial charge in [0.05, 0.1) is 10.6 Å². The van der Waals surface area contributed by atoms with Gasteiger partial charge in [0.2, 0.25) is 21.8 Å². The lowest BCUT2D eigenvalue weighted by Crippen LogP contribution is -2.38. The third kappa shape index (κ3) is 6.82. The van der Waals surface area contributed by atoms with Crippen molar-refractivity contribution in [3.8, 4) is 5.75 Å². The number of amides is 2. The molecular formula is C26H37N3O5S. The SMILES string of the molecule is CCCCC(=O)N(CC(=O)Nc1cc(S(=O)(=O)NC)ccc1C(C)(C)C)c1ccc(C)c(O)c1C. The van der Waals surface area contributed by atoms with Crippen LogP contribution in [0.1, 0.15) is 63.6 Å². The first-order valence-corrected chi connectivity index (χ1v) is 13.2. The van der Waals surface area contributed by atoms with Gasteiger partial charge in [-0.25, -0.2) is 13.1 Å². The van der Waals surface area contributed by atoms with Crippen molar-refractivity contribution in [2.24, 2.45) is 0 Å². The van der Waals surface area contributed by atoms with Gasteiger partial charge in [-0.3, -0.25) is 9.59 Å². The molecule has 0 aliphatic rings. The summed E-state index contributed by atoms with van der Waals surface area (Å²) in [7, 11) is -2.39. The Hall–Kier alpha value is -2.91. The molecule has 0 aliphatic heterocycles. The van der Waals surface area contributed by atoms with Crippen LogP contribution in [0.5, 0.6) is 5.75 Å². The molecule has 0 heterocycles. The molecule has 8 nitrogen and oxygen atoms in total. The van der Waals surface area contributed by atoms with E-state index < -0.39 is 15.9 Å². The topological polar surface area (TPSA) is 116 Å². The van der Waals surface area contributed by atoms with E-state index in [1.807, 2.05) is 27.7 Å². The number of unbranched alkanes of at least 4 members (excludes halogenated alkanes) is 1. The van der Waals surface area contributed by atoms with E-state index in [1.165, 1.54) is 24.1 Å². The van der Waals surface area contributed by atoms with Crippen molar-refractivity contribution in [1.29, 1.82) is 0 Å². The standard InChI is InChI=1S/C26H37N3O5S/c1-8-9-10-24(31)29(22-14-11-17(2)25(32)18(22)3)16-23(30)28-21-15-19(35(33,34)27-7)12-13-20(21)26(4,5)6/h11-15,27,32H,8-10,16H2,1-7H3,(H,28,30). The predicted octanol–water partition coefficient (Wildman–Crippen LogP) is 4.38. The van der Waals surface area contributed by atoms with E-state index >= 15 is 0 Å². The maximum absolute atomic E-state index is 13.2. The van der Waals surface area contributed by atoms with Crippen LogP contribution in [0.3, 0.4) is 0 Å². The molecule has 9 heteroatoms. The highest BCUT2D eigenvalue weighted by Gasteiger charge is 2.25. The van der Waals surface area contributed by atoms with E-state index in [0.717, 1.165) is 12.0 Å². The van der Waals surface area contributed by atoms with Gasteiger partial charge in [-0.15, -0.1) is 0 Å². The molecule has 2 amide bonds. The number of carbonyl (C=O) groups excluding carboxylic acids is 2. The lowest BCUT2D eigenvalue weighted by molar-refractivity contribution is -0.121. The fourth-order valence-electron chi connectivity index (χ4n) is 3.79. The fraction of sp³-hybridized carbons (Fsp3) is 0.462. The number of aromatic hydroxyl groups is 1. The monoisotopic (exact) mass is 503 g/mol. The van der Waals surface area contributed by atoms with Crippen LogP contribution in [-0.4, -0.2) is 38.9 Å². The minimum Gasteiger partial charge on any atom is -0.507 e. The molecule has 0 saturated heterocycles. The molecule has 35 heavy (non-hydrogen) atoms. The molecule has 2 rings (SSSR count). The Kier molecular flexibility index (Phi) is 9.08. The molecule has 0 bridgehead atoms. The summed E-state index contributed by atoms with van der Waals surface area (Å²) in [6.45, 7) is 11.1. The van der Waals surface area contributed by atoms with Gasteiger partial charge in [-0.2, -0.15) is 0 Å². The summed E-state index contributed by atoms with van der Waals surface area (Å²) in [4.78, 5) is 27.7. The van der Waals surface area contributed by atoms with Crippen LogP contribution in [0.4, 0.5) is 11.4 Å². The zero-order valence-electron chi connectivity index (χ0n) is 21.7. The Labute approximate surface area is 208 Å². The molecule has 0 radical (unpaired) electrons. The molecular weight excluding hydrogens is 466 g/mol. The molecule has 0 aromatic heterocycles. The highest BCUT2D eigenvalue weighted by molar-refractivity contribution is 7.89. The zero-order chi connectivity index (χ0) is 26.6. The highest BCUT2D eigenvalue weighted by atomic mass is 32.2. The van der Waals surface area contributed by atoms with Crippen LogP contribution in [0.15, 0.2) is 35.2 Å². The average Bonchev–Trinajstić information content (AvgIpc) is 2.79. The minimum absolute atomic E-state index is 0.0264. The number of anilines is 2.